The molecule has 1 heterocycles. The van der Waals surface area contributed by atoms with Crippen molar-refractivity contribution in [1.29, 1.82) is 0 Å². The molecule has 0 unspecified atom stereocenters. The lowest BCUT2D eigenvalue weighted by Crippen LogP contribution is -1.98. The fourth-order valence-corrected chi connectivity index (χ4v) is 1.51. The minimum absolute atomic E-state index is 0.0606. The van der Waals surface area contributed by atoms with Crippen LogP contribution in [0.2, 0.25) is 0 Å². The first-order valence-corrected chi connectivity index (χ1v) is 5.59. The molecule has 0 saturated carbocycles. The van der Waals surface area contributed by atoms with Gasteiger partial charge in [-0.3, -0.25) is 14.8 Å². The van der Waals surface area contributed by atoms with E-state index in [0.29, 0.717) is 0 Å². The number of aryl methyl sites for hydroxylation is 1. The first-order valence-electron chi connectivity index (χ1n) is 4.47. The first kappa shape index (κ1) is 11.2. The molecule has 0 radical (unpaired) electrons. The van der Waals surface area contributed by atoms with E-state index in [1.807, 2.05) is 0 Å². The summed E-state index contributed by atoms with van der Waals surface area (Å²) in [6, 6.07) is 0. The van der Waals surface area contributed by atoms with Gasteiger partial charge in [-0.2, -0.15) is 5.10 Å². The summed E-state index contributed by atoms with van der Waals surface area (Å²) in [7, 11) is 0. The molecule has 0 aromatic carbocycles. The maximum Gasteiger partial charge on any atom is 0.306 e. The highest BCUT2D eigenvalue weighted by molar-refractivity contribution is 9.09. The van der Waals surface area contributed by atoms with Gasteiger partial charge in [0.25, 0.3) is 0 Å². The zero-order valence-electron chi connectivity index (χ0n) is 7.73. The van der Waals surface area contributed by atoms with Crippen molar-refractivity contribution in [3.8, 4) is 0 Å². The predicted molar refractivity (Wildman–Crippen MR) is 56.5 cm³/mol. The Kier molecular flexibility index (Phi) is 4.58. The fourth-order valence-electron chi connectivity index (χ4n) is 1.11. The van der Waals surface area contributed by atoms with E-state index < -0.39 is 4.92 Å². The topological polar surface area (TPSA) is 61.0 Å². The van der Waals surface area contributed by atoms with Gasteiger partial charge in [-0.1, -0.05) is 22.4 Å². The summed E-state index contributed by atoms with van der Waals surface area (Å²) < 4.78 is 1.62. The minimum Gasteiger partial charge on any atom is -0.266 e. The van der Waals surface area contributed by atoms with Crippen molar-refractivity contribution in [2.75, 3.05) is 5.33 Å². The zero-order valence-corrected chi connectivity index (χ0v) is 9.31. The van der Waals surface area contributed by atoms with Crippen molar-refractivity contribution >= 4 is 21.6 Å². The monoisotopic (exact) mass is 261 g/mol. The first-order chi connectivity index (χ1) is 6.74. The molecule has 14 heavy (non-hydrogen) atoms. The number of hydrogen-bond donors (Lipinski definition) is 0. The Bertz CT molecular complexity index is 301. The van der Waals surface area contributed by atoms with Crippen LogP contribution in [0.5, 0.6) is 0 Å². The average Bonchev–Trinajstić information content (AvgIpc) is 2.61. The molecule has 0 saturated heterocycles. The summed E-state index contributed by atoms with van der Waals surface area (Å²) in [6.45, 7) is 0.751. The van der Waals surface area contributed by atoms with E-state index in [9.17, 15) is 10.1 Å². The van der Waals surface area contributed by atoms with Crippen LogP contribution in [0.1, 0.15) is 19.3 Å². The fraction of sp³-hybridized carbons (Fsp3) is 0.625. The number of rotatable bonds is 6. The second-order valence-electron chi connectivity index (χ2n) is 2.97. The highest BCUT2D eigenvalue weighted by atomic mass is 79.9. The molecule has 78 valence electrons. The lowest BCUT2D eigenvalue weighted by atomic mass is 10.2. The van der Waals surface area contributed by atoms with E-state index in [1.54, 1.807) is 4.68 Å². The van der Waals surface area contributed by atoms with Crippen LogP contribution in [-0.4, -0.2) is 20.0 Å². The van der Waals surface area contributed by atoms with Crippen molar-refractivity contribution in [3.05, 3.63) is 22.5 Å². The second kappa shape index (κ2) is 5.74. The van der Waals surface area contributed by atoms with Crippen LogP contribution in [-0.2, 0) is 6.54 Å². The molecule has 0 aliphatic heterocycles. The zero-order chi connectivity index (χ0) is 10.4. The Balaban J connectivity index is 2.33. The Labute approximate surface area is 90.4 Å². The quantitative estimate of drug-likeness (QED) is 0.342. The van der Waals surface area contributed by atoms with E-state index in [1.165, 1.54) is 12.4 Å². The third kappa shape index (κ3) is 3.45. The van der Waals surface area contributed by atoms with E-state index in [2.05, 4.69) is 21.0 Å². The standard InChI is InChI=1S/C8H12BrN3O2/c9-4-2-1-3-5-11-7-8(6-10-11)12(13)14/h6-7H,1-5H2. The van der Waals surface area contributed by atoms with Gasteiger partial charge in [0, 0.05) is 11.9 Å². The van der Waals surface area contributed by atoms with Crippen molar-refractivity contribution in [2.45, 2.75) is 25.8 Å². The SMILES string of the molecule is O=[N+]([O-])c1cnn(CCCCCBr)c1. The minimum atomic E-state index is -0.429. The van der Waals surface area contributed by atoms with Gasteiger partial charge in [0.1, 0.15) is 12.4 Å². The normalized spacial score (nSPS) is 10.4. The average molecular weight is 262 g/mol. The van der Waals surface area contributed by atoms with Crippen molar-refractivity contribution in [1.82, 2.24) is 9.78 Å². The van der Waals surface area contributed by atoms with Crippen molar-refractivity contribution in [2.24, 2.45) is 0 Å². The molecule has 1 rings (SSSR count). The van der Waals surface area contributed by atoms with Gasteiger partial charge in [-0.05, 0) is 12.8 Å². The van der Waals surface area contributed by atoms with Gasteiger partial charge >= 0.3 is 5.69 Å². The van der Waals surface area contributed by atoms with Gasteiger partial charge < -0.3 is 0 Å². The molecular formula is C8H12BrN3O2. The lowest BCUT2D eigenvalue weighted by Gasteiger charge is -1.98. The lowest BCUT2D eigenvalue weighted by molar-refractivity contribution is -0.385. The second-order valence-corrected chi connectivity index (χ2v) is 3.76. The van der Waals surface area contributed by atoms with E-state index in [0.717, 1.165) is 31.1 Å². The molecule has 0 aliphatic rings. The Hall–Kier alpha value is -0.910. The van der Waals surface area contributed by atoms with Crippen molar-refractivity contribution < 1.29 is 4.92 Å². The Morgan fingerprint density at radius 3 is 2.86 bits per heavy atom. The predicted octanol–water partition coefficient (Wildman–Crippen LogP) is 2.36. The molecule has 0 atom stereocenters. The molecule has 0 amide bonds. The molecular weight excluding hydrogens is 250 g/mol. The van der Waals surface area contributed by atoms with Crippen LogP contribution in [0.25, 0.3) is 0 Å². The molecule has 0 bridgehead atoms. The maximum atomic E-state index is 10.3. The number of unbranched alkanes of at least 4 members (excludes halogenated alkanes) is 2. The highest BCUT2D eigenvalue weighted by Gasteiger charge is 2.07. The van der Waals surface area contributed by atoms with Gasteiger partial charge in [-0.25, -0.2) is 0 Å². The number of alkyl halides is 1. The van der Waals surface area contributed by atoms with E-state index in [4.69, 9.17) is 0 Å². The number of hydrogen-bond acceptors (Lipinski definition) is 3. The summed E-state index contributed by atoms with van der Waals surface area (Å²) in [5, 5.41) is 15.2. The molecule has 5 nitrogen and oxygen atoms in total. The van der Waals surface area contributed by atoms with Gasteiger partial charge in [0.2, 0.25) is 0 Å². The largest absolute Gasteiger partial charge is 0.306 e. The summed E-state index contributed by atoms with van der Waals surface area (Å²) in [6.07, 6.45) is 5.99. The summed E-state index contributed by atoms with van der Waals surface area (Å²) >= 11 is 3.35. The maximum absolute atomic E-state index is 10.3. The molecule has 1 aromatic heterocycles. The Morgan fingerprint density at radius 1 is 1.50 bits per heavy atom. The van der Waals surface area contributed by atoms with Gasteiger partial charge in [0.15, 0.2) is 0 Å². The number of halogens is 1. The number of nitro groups is 1. The molecule has 0 aliphatic carbocycles. The van der Waals surface area contributed by atoms with Crippen LogP contribution in [0, 0.1) is 10.1 Å². The van der Waals surface area contributed by atoms with Crippen LogP contribution < -0.4 is 0 Å². The molecule has 6 heteroatoms. The van der Waals surface area contributed by atoms with E-state index >= 15 is 0 Å². The van der Waals surface area contributed by atoms with Gasteiger partial charge in [-0.15, -0.1) is 0 Å². The van der Waals surface area contributed by atoms with Crippen molar-refractivity contribution in [3.63, 3.8) is 0 Å². The summed E-state index contributed by atoms with van der Waals surface area (Å²) in [5.74, 6) is 0. The molecule has 1 aromatic rings. The third-order valence-corrected chi connectivity index (χ3v) is 2.41. The van der Waals surface area contributed by atoms with Crippen LogP contribution in [0.15, 0.2) is 12.4 Å². The summed E-state index contributed by atoms with van der Waals surface area (Å²) in [4.78, 5) is 9.91. The molecule has 0 spiro atoms. The van der Waals surface area contributed by atoms with E-state index in [-0.39, 0.29) is 5.69 Å². The molecule has 0 fully saturated rings. The number of aromatic nitrogens is 2. The van der Waals surface area contributed by atoms with Crippen LogP contribution in [0.4, 0.5) is 5.69 Å². The number of nitrogens with zero attached hydrogens (tertiary/aromatic N) is 3. The van der Waals surface area contributed by atoms with Crippen LogP contribution >= 0.6 is 15.9 Å². The smallest absolute Gasteiger partial charge is 0.266 e. The highest BCUT2D eigenvalue weighted by Crippen LogP contribution is 2.09. The summed E-state index contributed by atoms with van der Waals surface area (Å²) in [5.41, 5.74) is 0.0606. The van der Waals surface area contributed by atoms with Gasteiger partial charge in [0.05, 0.1) is 4.92 Å². The van der Waals surface area contributed by atoms with Crippen LogP contribution in [0.3, 0.4) is 0 Å². The molecule has 0 N–H and O–H groups in total. The third-order valence-electron chi connectivity index (χ3n) is 1.85. The Morgan fingerprint density at radius 2 is 2.29 bits per heavy atom.